The van der Waals surface area contributed by atoms with E-state index in [-0.39, 0.29) is 12.0 Å². The number of ether oxygens (including phenoxy) is 1. The van der Waals surface area contributed by atoms with E-state index in [1.165, 1.54) is 0 Å². The largest absolute Gasteiger partial charge is 0.484 e. The van der Waals surface area contributed by atoms with E-state index in [0.29, 0.717) is 22.6 Å². The summed E-state index contributed by atoms with van der Waals surface area (Å²) in [7, 11) is 3.38. The summed E-state index contributed by atoms with van der Waals surface area (Å²) in [5.41, 5.74) is 2.69. The van der Waals surface area contributed by atoms with Gasteiger partial charge in [0.1, 0.15) is 17.5 Å². The zero-order valence-electron chi connectivity index (χ0n) is 14.3. The molecule has 0 aliphatic heterocycles. The van der Waals surface area contributed by atoms with Crippen LogP contribution in [0.1, 0.15) is 29.1 Å². The van der Waals surface area contributed by atoms with Crippen molar-refractivity contribution >= 4 is 5.91 Å². The molecular formula is C18H19N5O2. The van der Waals surface area contributed by atoms with Crippen LogP contribution in [0.25, 0.3) is 11.3 Å². The van der Waals surface area contributed by atoms with Crippen molar-refractivity contribution in [3.63, 3.8) is 0 Å². The number of hydrogen-bond acceptors (Lipinski definition) is 5. The van der Waals surface area contributed by atoms with Crippen LogP contribution in [0.5, 0.6) is 5.75 Å². The molecule has 128 valence electrons. The summed E-state index contributed by atoms with van der Waals surface area (Å²) in [4.78, 5) is 16.3. The first-order chi connectivity index (χ1) is 12.1. The number of nitrogens with one attached hydrogen (secondary N) is 1. The predicted octanol–water partition coefficient (Wildman–Crippen LogP) is 2.38. The molecule has 0 radical (unpaired) electrons. The Morgan fingerprint density at radius 3 is 2.76 bits per heavy atom. The molecule has 1 atom stereocenters. The first-order valence-electron chi connectivity index (χ1n) is 7.89. The maximum absolute atomic E-state index is 12.0. The highest BCUT2D eigenvalue weighted by Gasteiger charge is 2.17. The normalized spacial score (nSPS) is 11.8. The molecule has 2 heterocycles. The standard InChI is InChI=1S/C18H19N5O2/c1-12(15-6-4-5-9-20-15)25-17-8-7-13(18(24)19-2)10-14(17)16-11-23(3)22-21-16/h4-12H,1-3H3,(H,19,24)/t12-/m0/s1. The van der Waals surface area contributed by atoms with Crippen LogP contribution in [0.2, 0.25) is 0 Å². The van der Waals surface area contributed by atoms with Crippen molar-refractivity contribution in [2.45, 2.75) is 13.0 Å². The van der Waals surface area contributed by atoms with E-state index in [1.807, 2.05) is 25.1 Å². The third-order valence-corrected chi connectivity index (χ3v) is 3.76. The molecule has 7 nitrogen and oxygen atoms in total. The third kappa shape index (κ3) is 3.65. The topological polar surface area (TPSA) is 81.9 Å². The molecule has 3 aromatic rings. The highest BCUT2D eigenvalue weighted by atomic mass is 16.5. The lowest BCUT2D eigenvalue weighted by Gasteiger charge is -2.17. The SMILES string of the molecule is CNC(=O)c1ccc(O[C@@H](C)c2ccccn2)c(-c2cn(C)nn2)c1. The van der Waals surface area contributed by atoms with Gasteiger partial charge < -0.3 is 10.1 Å². The summed E-state index contributed by atoms with van der Waals surface area (Å²) in [6.07, 6.45) is 3.26. The Morgan fingerprint density at radius 2 is 2.12 bits per heavy atom. The monoisotopic (exact) mass is 337 g/mol. The van der Waals surface area contributed by atoms with Crippen molar-refractivity contribution in [1.29, 1.82) is 0 Å². The van der Waals surface area contributed by atoms with Crippen LogP contribution in [0.3, 0.4) is 0 Å². The summed E-state index contributed by atoms with van der Waals surface area (Å²) >= 11 is 0. The van der Waals surface area contributed by atoms with Gasteiger partial charge in [-0.1, -0.05) is 11.3 Å². The van der Waals surface area contributed by atoms with Crippen LogP contribution in [-0.4, -0.2) is 32.9 Å². The zero-order chi connectivity index (χ0) is 17.8. The molecule has 25 heavy (non-hydrogen) atoms. The Kier molecular flexibility index (Phi) is 4.74. The summed E-state index contributed by atoms with van der Waals surface area (Å²) in [6, 6.07) is 10.9. The molecule has 0 saturated carbocycles. The summed E-state index contributed by atoms with van der Waals surface area (Å²) in [5, 5.41) is 10.7. The molecule has 0 unspecified atom stereocenters. The first-order valence-corrected chi connectivity index (χ1v) is 7.89. The Bertz CT molecular complexity index is 876. The van der Waals surface area contributed by atoms with Crippen LogP contribution in [0, 0.1) is 0 Å². The molecule has 1 aromatic carbocycles. The molecule has 0 fully saturated rings. The van der Waals surface area contributed by atoms with Crippen LogP contribution in [-0.2, 0) is 7.05 Å². The van der Waals surface area contributed by atoms with Gasteiger partial charge in [-0.15, -0.1) is 5.10 Å². The number of carbonyl (C=O) groups excluding carboxylic acids is 1. The van der Waals surface area contributed by atoms with Crippen molar-refractivity contribution in [3.8, 4) is 17.0 Å². The molecule has 2 aromatic heterocycles. The number of benzene rings is 1. The number of nitrogens with zero attached hydrogens (tertiary/aromatic N) is 4. The van der Waals surface area contributed by atoms with E-state index in [1.54, 1.807) is 49.4 Å². The van der Waals surface area contributed by atoms with Crippen LogP contribution in [0.4, 0.5) is 0 Å². The number of amides is 1. The average Bonchev–Trinajstić information content (AvgIpc) is 3.08. The van der Waals surface area contributed by atoms with E-state index < -0.39 is 0 Å². The lowest BCUT2D eigenvalue weighted by atomic mass is 10.1. The quantitative estimate of drug-likeness (QED) is 0.773. The Labute approximate surface area is 145 Å². The molecular weight excluding hydrogens is 318 g/mol. The van der Waals surface area contributed by atoms with Crippen molar-refractivity contribution in [3.05, 3.63) is 60.0 Å². The van der Waals surface area contributed by atoms with E-state index in [2.05, 4.69) is 20.6 Å². The lowest BCUT2D eigenvalue weighted by Crippen LogP contribution is -2.17. The van der Waals surface area contributed by atoms with Gasteiger partial charge in [0.2, 0.25) is 0 Å². The predicted molar refractivity (Wildman–Crippen MR) is 93.1 cm³/mol. The number of rotatable bonds is 5. The maximum Gasteiger partial charge on any atom is 0.251 e. The van der Waals surface area contributed by atoms with E-state index >= 15 is 0 Å². The second-order valence-electron chi connectivity index (χ2n) is 5.58. The van der Waals surface area contributed by atoms with Crippen LogP contribution < -0.4 is 10.1 Å². The van der Waals surface area contributed by atoms with Gasteiger partial charge in [-0.05, 0) is 37.3 Å². The first kappa shape index (κ1) is 16.6. The lowest BCUT2D eigenvalue weighted by molar-refractivity contribution is 0.0963. The second-order valence-corrected chi connectivity index (χ2v) is 5.58. The van der Waals surface area contributed by atoms with Crippen molar-refractivity contribution in [1.82, 2.24) is 25.3 Å². The summed E-state index contributed by atoms with van der Waals surface area (Å²) < 4.78 is 7.70. The molecule has 0 bridgehead atoms. The minimum Gasteiger partial charge on any atom is -0.484 e. The number of aromatic nitrogens is 4. The minimum atomic E-state index is -0.248. The van der Waals surface area contributed by atoms with E-state index in [0.717, 1.165) is 5.69 Å². The van der Waals surface area contributed by atoms with Gasteiger partial charge in [0.15, 0.2) is 0 Å². The molecule has 0 spiro atoms. The fourth-order valence-electron chi connectivity index (χ4n) is 2.46. The van der Waals surface area contributed by atoms with E-state index in [4.69, 9.17) is 4.74 Å². The highest BCUT2D eigenvalue weighted by Crippen LogP contribution is 2.32. The fraction of sp³-hybridized carbons (Fsp3) is 0.222. The molecule has 0 aliphatic rings. The van der Waals surface area contributed by atoms with Gasteiger partial charge in [-0.3, -0.25) is 14.5 Å². The van der Waals surface area contributed by atoms with Gasteiger partial charge in [0.25, 0.3) is 5.91 Å². The van der Waals surface area contributed by atoms with Crippen molar-refractivity contribution in [2.75, 3.05) is 7.05 Å². The maximum atomic E-state index is 12.0. The molecule has 0 aliphatic carbocycles. The fourth-order valence-corrected chi connectivity index (χ4v) is 2.46. The smallest absolute Gasteiger partial charge is 0.251 e. The molecule has 7 heteroatoms. The van der Waals surface area contributed by atoms with Gasteiger partial charge >= 0.3 is 0 Å². The van der Waals surface area contributed by atoms with Gasteiger partial charge in [-0.2, -0.15) is 0 Å². The van der Waals surface area contributed by atoms with Crippen LogP contribution in [0.15, 0.2) is 48.8 Å². The molecule has 1 amide bonds. The number of hydrogen-bond donors (Lipinski definition) is 1. The van der Waals surface area contributed by atoms with Crippen molar-refractivity contribution in [2.24, 2.45) is 7.05 Å². The second kappa shape index (κ2) is 7.12. The molecule has 1 N–H and O–H groups in total. The minimum absolute atomic E-state index is 0.172. The number of pyridine rings is 1. The van der Waals surface area contributed by atoms with E-state index in [9.17, 15) is 4.79 Å². The Hall–Kier alpha value is -3.22. The zero-order valence-corrected chi connectivity index (χ0v) is 14.3. The summed E-state index contributed by atoms with van der Waals surface area (Å²) in [5.74, 6) is 0.445. The molecule has 0 saturated heterocycles. The average molecular weight is 337 g/mol. The number of carbonyl (C=O) groups is 1. The van der Waals surface area contributed by atoms with Gasteiger partial charge in [0.05, 0.1) is 11.9 Å². The number of aryl methyl sites for hydroxylation is 1. The Morgan fingerprint density at radius 1 is 1.28 bits per heavy atom. The Balaban J connectivity index is 1.99. The highest BCUT2D eigenvalue weighted by molar-refractivity contribution is 5.95. The third-order valence-electron chi connectivity index (χ3n) is 3.76. The van der Waals surface area contributed by atoms with Crippen molar-refractivity contribution < 1.29 is 9.53 Å². The van der Waals surface area contributed by atoms with Gasteiger partial charge in [-0.25, -0.2) is 0 Å². The summed E-state index contributed by atoms with van der Waals surface area (Å²) in [6.45, 7) is 1.93. The van der Waals surface area contributed by atoms with Gasteiger partial charge in [0, 0.05) is 31.4 Å². The van der Waals surface area contributed by atoms with Crippen LogP contribution >= 0.6 is 0 Å². The molecule has 3 rings (SSSR count).